The van der Waals surface area contributed by atoms with Gasteiger partial charge < -0.3 is 5.32 Å². The van der Waals surface area contributed by atoms with Crippen LogP contribution in [0.25, 0.3) is 0 Å². The predicted octanol–water partition coefficient (Wildman–Crippen LogP) is 3.68. The molecule has 0 radical (unpaired) electrons. The van der Waals surface area contributed by atoms with E-state index in [1.807, 2.05) is 0 Å². The van der Waals surface area contributed by atoms with Gasteiger partial charge in [0.15, 0.2) is 0 Å². The standard InChI is InChI=1S/C11H14BrN/c1-7-5-6-13-11-9(7)4-3-8(2)10(11)12/h3-4,7,13H,5-6H2,1-2H3. The molecule has 0 saturated heterocycles. The number of fused-ring (bicyclic) bond motifs is 1. The van der Waals surface area contributed by atoms with Crippen LogP contribution in [0.15, 0.2) is 16.6 Å². The van der Waals surface area contributed by atoms with Gasteiger partial charge in [0, 0.05) is 11.0 Å². The summed E-state index contributed by atoms with van der Waals surface area (Å²) in [4.78, 5) is 0. The Kier molecular flexibility index (Phi) is 2.33. The van der Waals surface area contributed by atoms with Crippen molar-refractivity contribution in [3.05, 3.63) is 27.7 Å². The van der Waals surface area contributed by atoms with E-state index in [2.05, 4.69) is 47.2 Å². The van der Waals surface area contributed by atoms with Gasteiger partial charge in [0.05, 0.1) is 5.69 Å². The average molecular weight is 240 g/mol. The summed E-state index contributed by atoms with van der Waals surface area (Å²) in [5.74, 6) is 0.688. The van der Waals surface area contributed by atoms with Gasteiger partial charge in [-0.3, -0.25) is 0 Å². The zero-order valence-electron chi connectivity index (χ0n) is 8.02. The summed E-state index contributed by atoms with van der Waals surface area (Å²) in [6, 6.07) is 4.43. The summed E-state index contributed by atoms with van der Waals surface area (Å²) < 4.78 is 1.23. The molecule has 1 nitrogen and oxygen atoms in total. The van der Waals surface area contributed by atoms with Gasteiger partial charge in [-0.2, -0.15) is 0 Å². The van der Waals surface area contributed by atoms with Gasteiger partial charge >= 0.3 is 0 Å². The predicted molar refractivity (Wildman–Crippen MR) is 60.4 cm³/mol. The lowest BCUT2D eigenvalue weighted by molar-refractivity contribution is 0.682. The molecule has 1 atom stereocenters. The SMILES string of the molecule is Cc1ccc2c(c1Br)NCCC2C. The van der Waals surface area contributed by atoms with Gasteiger partial charge in [0.2, 0.25) is 0 Å². The molecule has 2 heteroatoms. The highest BCUT2D eigenvalue weighted by Gasteiger charge is 2.18. The van der Waals surface area contributed by atoms with Crippen LogP contribution in [0.2, 0.25) is 0 Å². The minimum atomic E-state index is 0.688. The van der Waals surface area contributed by atoms with E-state index in [1.165, 1.54) is 27.7 Å². The van der Waals surface area contributed by atoms with E-state index in [9.17, 15) is 0 Å². The van der Waals surface area contributed by atoms with Crippen molar-refractivity contribution in [1.82, 2.24) is 0 Å². The topological polar surface area (TPSA) is 12.0 Å². The van der Waals surface area contributed by atoms with Crippen LogP contribution in [-0.2, 0) is 0 Å². The van der Waals surface area contributed by atoms with Crippen LogP contribution >= 0.6 is 15.9 Å². The van der Waals surface area contributed by atoms with E-state index >= 15 is 0 Å². The van der Waals surface area contributed by atoms with E-state index in [0.717, 1.165) is 6.54 Å². The molecule has 1 heterocycles. The van der Waals surface area contributed by atoms with Crippen molar-refractivity contribution in [3.8, 4) is 0 Å². The summed E-state index contributed by atoms with van der Waals surface area (Å²) >= 11 is 3.63. The molecule has 70 valence electrons. The van der Waals surface area contributed by atoms with Gasteiger partial charge in [-0.15, -0.1) is 0 Å². The van der Waals surface area contributed by atoms with Crippen LogP contribution in [0.4, 0.5) is 5.69 Å². The van der Waals surface area contributed by atoms with Crippen molar-refractivity contribution in [2.45, 2.75) is 26.2 Å². The van der Waals surface area contributed by atoms with Gasteiger partial charge in [0.1, 0.15) is 0 Å². The highest BCUT2D eigenvalue weighted by atomic mass is 79.9. The summed E-state index contributed by atoms with van der Waals surface area (Å²) in [6.07, 6.45) is 1.24. The average Bonchev–Trinajstić information content (AvgIpc) is 2.12. The highest BCUT2D eigenvalue weighted by Crippen LogP contribution is 2.37. The number of anilines is 1. The maximum atomic E-state index is 3.63. The molecule has 1 aliphatic heterocycles. The molecule has 2 rings (SSSR count). The number of rotatable bonds is 0. The first kappa shape index (κ1) is 9.07. The van der Waals surface area contributed by atoms with Crippen molar-refractivity contribution in [1.29, 1.82) is 0 Å². The Morgan fingerprint density at radius 1 is 1.46 bits per heavy atom. The molecule has 0 aliphatic carbocycles. The minimum Gasteiger partial charge on any atom is -0.384 e. The quantitative estimate of drug-likeness (QED) is 0.729. The van der Waals surface area contributed by atoms with Crippen LogP contribution < -0.4 is 5.32 Å². The second kappa shape index (κ2) is 3.33. The van der Waals surface area contributed by atoms with Crippen molar-refractivity contribution in [3.63, 3.8) is 0 Å². The molecule has 1 aromatic carbocycles. The second-order valence-corrected chi connectivity index (χ2v) is 4.57. The molecule has 1 unspecified atom stereocenters. The van der Waals surface area contributed by atoms with Gasteiger partial charge in [-0.25, -0.2) is 0 Å². The van der Waals surface area contributed by atoms with Crippen molar-refractivity contribution in [2.24, 2.45) is 0 Å². The summed E-state index contributed by atoms with van der Waals surface area (Å²) in [5, 5.41) is 3.46. The van der Waals surface area contributed by atoms with Gasteiger partial charge in [-0.1, -0.05) is 19.1 Å². The molecule has 1 N–H and O–H groups in total. The monoisotopic (exact) mass is 239 g/mol. The lowest BCUT2D eigenvalue weighted by Crippen LogP contribution is -2.15. The number of benzene rings is 1. The van der Waals surface area contributed by atoms with Gasteiger partial charge in [0.25, 0.3) is 0 Å². The number of hydrogen-bond donors (Lipinski definition) is 1. The van der Waals surface area contributed by atoms with Crippen LogP contribution in [-0.4, -0.2) is 6.54 Å². The van der Waals surface area contributed by atoms with E-state index in [0.29, 0.717) is 5.92 Å². The first-order valence-electron chi connectivity index (χ1n) is 4.73. The summed E-state index contributed by atoms with van der Waals surface area (Å²) in [6.45, 7) is 5.52. The maximum absolute atomic E-state index is 3.63. The zero-order chi connectivity index (χ0) is 9.42. The minimum absolute atomic E-state index is 0.688. The fourth-order valence-corrected chi connectivity index (χ4v) is 2.36. The largest absolute Gasteiger partial charge is 0.384 e. The molecular formula is C11H14BrN. The molecule has 0 fully saturated rings. The Morgan fingerprint density at radius 3 is 3.00 bits per heavy atom. The molecule has 0 spiro atoms. The Labute approximate surface area is 87.7 Å². The molecule has 0 saturated carbocycles. The van der Waals surface area contributed by atoms with Crippen LogP contribution in [0.5, 0.6) is 0 Å². The Bertz CT molecular complexity index is 333. The fraction of sp³-hybridized carbons (Fsp3) is 0.455. The summed E-state index contributed by atoms with van der Waals surface area (Å²) in [7, 11) is 0. The maximum Gasteiger partial charge on any atom is 0.0522 e. The first-order valence-corrected chi connectivity index (χ1v) is 5.52. The Morgan fingerprint density at radius 2 is 2.23 bits per heavy atom. The van der Waals surface area contributed by atoms with E-state index < -0.39 is 0 Å². The zero-order valence-corrected chi connectivity index (χ0v) is 9.61. The lowest BCUT2D eigenvalue weighted by atomic mass is 9.92. The number of nitrogens with one attached hydrogen (secondary N) is 1. The Hall–Kier alpha value is -0.500. The molecule has 13 heavy (non-hydrogen) atoms. The van der Waals surface area contributed by atoms with E-state index in [1.54, 1.807) is 0 Å². The van der Waals surface area contributed by atoms with Crippen LogP contribution in [0.3, 0.4) is 0 Å². The van der Waals surface area contributed by atoms with Crippen LogP contribution in [0, 0.1) is 6.92 Å². The molecule has 1 aromatic rings. The molecule has 0 amide bonds. The number of halogens is 1. The third kappa shape index (κ3) is 1.48. The lowest BCUT2D eigenvalue weighted by Gasteiger charge is -2.25. The number of aryl methyl sites for hydroxylation is 1. The third-order valence-electron chi connectivity index (χ3n) is 2.78. The van der Waals surface area contributed by atoms with Crippen LogP contribution in [0.1, 0.15) is 30.4 Å². The van der Waals surface area contributed by atoms with E-state index in [4.69, 9.17) is 0 Å². The highest BCUT2D eigenvalue weighted by molar-refractivity contribution is 9.10. The van der Waals surface area contributed by atoms with E-state index in [-0.39, 0.29) is 0 Å². The number of hydrogen-bond acceptors (Lipinski definition) is 1. The Balaban J connectivity index is 2.56. The van der Waals surface area contributed by atoms with Crippen molar-refractivity contribution >= 4 is 21.6 Å². The molecule has 0 aromatic heterocycles. The van der Waals surface area contributed by atoms with Crippen molar-refractivity contribution < 1.29 is 0 Å². The summed E-state index contributed by atoms with van der Waals surface area (Å²) in [5.41, 5.74) is 4.06. The normalized spacial score (nSPS) is 20.7. The smallest absolute Gasteiger partial charge is 0.0522 e. The first-order chi connectivity index (χ1) is 6.20. The molecular weight excluding hydrogens is 226 g/mol. The van der Waals surface area contributed by atoms with Gasteiger partial charge in [-0.05, 0) is 46.3 Å². The fourth-order valence-electron chi connectivity index (χ4n) is 1.85. The molecule has 1 aliphatic rings. The third-order valence-corrected chi connectivity index (χ3v) is 3.80. The van der Waals surface area contributed by atoms with Crippen molar-refractivity contribution in [2.75, 3.05) is 11.9 Å². The second-order valence-electron chi connectivity index (χ2n) is 3.78. The molecule has 0 bridgehead atoms.